The highest BCUT2D eigenvalue weighted by Crippen LogP contribution is 2.05. The Labute approximate surface area is 68.2 Å². The first-order valence-corrected chi connectivity index (χ1v) is 3.60. The molecule has 0 aromatic heterocycles. The molecule has 0 atom stereocenters. The van der Waals surface area contributed by atoms with Gasteiger partial charge < -0.3 is 11.5 Å². The fourth-order valence-corrected chi connectivity index (χ4v) is 0.653. The highest BCUT2D eigenvalue weighted by atomic mass is 14.9. The van der Waals surface area contributed by atoms with Gasteiger partial charge in [0.25, 0.3) is 0 Å². The molecule has 0 aliphatic carbocycles. The van der Waals surface area contributed by atoms with Crippen LogP contribution in [0.4, 0.5) is 0 Å². The number of rotatable bonds is 1. The average molecular weight is 155 g/mol. The second kappa shape index (κ2) is 3.42. The Balaban J connectivity index is 4.36. The van der Waals surface area contributed by atoms with Crippen LogP contribution in [0.25, 0.3) is 0 Å². The van der Waals surface area contributed by atoms with Crippen LogP contribution in [0, 0.1) is 0 Å². The highest BCUT2D eigenvalue weighted by Gasteiger charge is 2.06. The van der Waals surface area contributed by atoms with Crippen molar-refractivity contribution in [3.63, 3.8) is 0 Å². The van der Waals surface area contributed by atoms with Gasteiger partial charge in [0.05, 0.1) is 5.54 Å². The molecular weight excluding hydrogens is 138 g/mol. The van der Waals surface area contributed by atoms with E-state index in [0.29, 0.717) is 11.5 Å². The van der Waals surface area contributed by atoms with Crippen molar-refractivity contribution in [1.29, 1.82) is 0 Å². The molecule has 0 unspecified atom stereocenters. The summed E-state index contributed by atoms with van der Waals surface area (Å²) in [6.45, 7) is 7.74. The van der Waals surface area contributed by atoms with E-state index < -0.39 is 0 Å². The zero-order valence-electron chi connectivity index (χ0n) is 7.68. The smallest absolute Gasteiger partial charge is 0.120 e. The predicted molar refractivity (Wildman–Crippen MR) is 49.3 cm³/mol. The second-order valence-electron chi connectivity index (χ2n) is 3.60. The standard InChI is InChI=1S/C8H17N3/c1-6(9)5-7(10)11-8(2,3)4/h5H,9H2,1-4H3,(H2,10,11). The summed E-state index contributed by atoms with van der Waals surface area (Å²) >= 11 is 0. The number of allylic oxidation sites excluding steroid dienone is 1. The summed E-state index contributed by atoms with van der Waals surface area (Å²) in [5, 5.41) is 0. The fourth-order valence-electron chi connectivity index (χ4n) is 0.653. The molecule has 0 aromatic rings. The lowest BCUT2D eigenvalue weighted by atomic mass is 10.1. The van der Waals surface area contributed by atoms with E-state index >= 15 is 0 Å². The molecule has 11 heavy (non-hydrogen) atoms. The Kier molecular flexibility index (Phi) is 3.11. The van der Waals surface area contributed by atoms with Gasteiger partial charge in [0.1, 0.15) is 5.84 Å². The lowest BCUT2D eigenvalue weighted by Gasteiger charge is -2.11. The molecule has 0 heterocycles. The first kappa shape index (κ1) is 10.0. The summed E-state index contributed by atoms with van der Waals surface area (Å²) in [6.07, 6.45) is 1.66. The molecule has 0 aromatic carbocycles. The molecule has 0 bridgehead atoms. The van der Waals surface area contributed by atoms with Crippen molar-refractivity contribution in [2.45, 2.75) is 33.2 Å². The Morgan fingerprint density at radius 1 is 1.27 bits per heavy atom. The summed E-state index contributed by atoms with van der Waals surface area (Å²) in [5.74, 6) is 0.484. The number of hydrogen-bond donors (Lipinski definition) is 2. The lowest BCUT2D eigenvalue weighted by Crippen LogP contribution is -2.19. The van der Waals surface area contributed by atoms with Crippen molar-refractivity contribution in [1.82, 2.24) is 0 Å². The molecule has 0 saturated carbocycles. The van der Waals surface area contributed by atoms with Gasteiger partial charge in [-0.1, -0.05) is 0 Å². The molecule has 3 nitrogen and oxygen atoms in total. The Hall–Kier alpha value is -0.990. The Bertz CT molecular complexity index is 180. The topological polar surface area (TPSA) is 64.4 Å². The second-order valence-corrected chi connectivity index (χ2v) is 3.60. The summed E-state index contributed by atoms with van der Waals surface area (Å²) in [4.78, 5) is 4.19. The molecule has 3 heteroatoms. The highest BCUT2D eigenvalue weighted by molar-refractivity contribution is 5.92. The van der Waals surface area contributed by atoms with Crippen LogP contribution < -0.4 is 11.5 Å². The molecule has 0 rings (SSSR count). The first-order chi connectivity index (χ1) is 4.81. The molecule has 0 saturated heterocycles. The number of amidine groups is 1. The summed E-state index contributed by atoms with van der Waals surface area (Å²) in [7, 11) is 0. The number of hydrogen-bond acceptors (Lipinski definition) is 2. The predicted octanol–water partition coefficient (Wildman–Crippen LogP) is 1.00. The minimum Gasteiger partial charge on any atom is -0.402 e. The van der Waals surface area contributed by atoms with Crippen molar-refractivity contribution < 1.29 is 0 Å². The van der Waals surface area contributed by atoms with Crippen molar-refractivity contribution in [3.05, 3.63) is 11.8 Å². The first-order valence-electron chi connectivity index (χ1n) is 3.60. The maximum atomic E-state index is 5.55. The van der Waals surface area contributed by atoms with Gasteiger partial charge in [-0.2, -0.15) is 0 Å². The number of nitrogens with two attached hydrogens (primary N) is 2. The van der Waals surface area contributed by atoms with Crippen LogP contribution >= 0.6 is 0 Å². The van der Waals surface area contributed by atoms with E-state index in [0.717, 1.165) is 0 Å². The molecule has 0 aliphatic rings. The van der Waals surface area contributed by atoms with E-state index in [1.54, 1.807) is 13.0 Å². The number of aliphatic imine (C=N–C) groups is 1. The van der Waals surface area contributed by atoms with Gasteiger partial charge in [-0.05, 0) is 33.8 Å². The van der Waals surface area contributed by atoms with Gasteiger partial charge in [0.2, 0.25) is 0 Å². The van der Waals surface area contributed by atoms with E-state index in [1.807, 2.05) is 20.8 Å². The molecule has 0 fully saturated rings. The monoisotopic (exact) mass is 155 g/mol. The third kappa shape index (κ3) is 6.90. The Morgan fingerprint density at radius 2 is 1.73 bits per heavy atom. The van der Waals surface area contributed by atoms with Gasteiger partial charge in [0, 0.05) is 5.70 Å². The molecule has 0 aliphatic heterocycles. The quantitative estimate of drug-likeness (QED) is 0.438. The molecule has 0 radical (unpaired) electrons. The van der Waals surface area contributed by atoms with Gasteiger partial charge in [-0.3, -0.25) is 4.99 Å². The van der Waals surface area contributed by atoms with Gasteiger partial charge >= 0.3 is 0 Å². The van der Waals surface area contributed by atoms with Gasteiger partial charge in [-0.15, -0.1) is 0 Å². The van der Waals surface area contributed by atoms with Crippen LogP contribution in [0.1, 0.15) is 27.7 Å². The van der Waals surface area contributed by atoms with Crippen LogP contribution in [-0.2, 0) is 0 Å². The minimum absolute atomic E-state index is 0.129. The zero-order valence-corrected chi connectivity index (χ0v) is 7.68. The van der Waals surface area contributed by atoms with Gasteiger partial charge in [0.15, 0.2) is 0 Å². The van der Waals surface area contributed by atoms with E-state index in [1.165, 1.54) is 0 Å². The fraction of sp³-hybridized carbons (Fsp3) is 0.625. The SMILES string of the molecule is CC(N)=CC(N)=NC(C)(C)C. The third-order valence-electron chi connectivity index (χ3n) is 0.840. The van der Waals surface area contributed by atoms with Crippen molar-refractivity contribution in [2.75, 3.05) is 0 Å². The maximum Gasteiger partial charge on any atom is 0.120 e. The van der Waals surface area contributed by atoms with Crippen molar-refractivity contribution >= 4 is 5.84 Å². The number of nitrogens with zero attached hydrogens (tertiary/aromatic N) is 1. The third-order valence-corrected chi connectivity index (χ3v) is 0.840. The van der Waals surface area contributed by atoms with Crippen LogP contribution in [0.5, 0.6) is 0 Å². The van der Waals surface area contributed by atoms with Crippen molar-refractivity contribution in [2.24, 2.45) is 16.5 Å². The summed E-state index contributed by atoms with van der Waals surface area (Å²) in [5.41, 5.74) is 11.5. The average Bonchev–Trinajstić information content (AvgIpc) is 1.53. The van der Waals surface area contributed by atoms with Crippen molar-refractivity contribution in [3.8, 4) is 0 Å². The van der Waals surface area contributed by atoms with Crippen LogP contribution in [-0.4, -0.2) is 11.4 Å². The largest absolute Gasteiger partial charge is 0.402 e. The van der Waals surface area contributed by atoms with Crippen LogP contribution in [0.2, 0.25) is 0 Å². The summed E-state index contributed by atoms with van der Waals surface area (Å²) < 4.78 is 0. The van der Waals surface area contributed by atoms with Crippen LogP contribution in [0.15, 0.2) is 16.8 Å². The molecule has 4 N–H and O–H groups in total. The molecule has 64 valence electrons. The van der Waals surface area contributed by atoms with Gasteiger partial charge in [-0.25, -0.2) is 0 Å². The zero-order chi connectivity index (χ0) is 9.07. The van der Waals surface area contributed by atoms with E-state index in [4.69, 9.17) is 11.5 Å². The lowest BCUT2D eigenvalue weighted by molar-refractivity contribution is 0.583. The van der Waals surface area contributed by atoms with E-state index in [9.17, 15) is 0 Å². The van der Waals surface area contributed by atoms with E-state index in [-0.39, 0.29) is 5.54 Å². The normalized spacial score (nSPS) is 15.3. The minimum atomic E-state index is -0.129. The molecular formula is C8H17N3. The summed E-state index contributed by atoms with van der Waals surface area (Å²) in [6, 6.07) is 0. The van der Waals surface area contributed by atoms with Crippen LogP contribution in [0.3, 0.4) is 0 Å². The molecule has 0 amide bonds. The Morgan fingerprint density at radius 3 is 2.00 bits per heavy atom. The molecule has 0 spiro atoms. The maximum absolute atomic E-state index is 5.55. The van der Waals surface area contributed by atoms with E-state index in [2.05, 4.69) is 4.99 Å².